The quantitative estimate of drug-likeness (QED) is 0.628. The number of halogens is 3. The Labute approximate surface area is 104 Å². The number of carbonyl (C=O) groups is 1. The summed E-state index contributed by atoms with van der Waals surface area (Å²) in [5, 5.41) is 11.4. The van der Waals surface area contributed by atoms with E-state index in [4.69, 9.17) is 9.84 Å². The van der Waals surface area contributed by atoms with Crippen molar-refractivity contribution >= 4 is 5.91 Å². The van der Waals surface area contributed by atoms with Crippen LogP contribution in [0.25, 0.3) is 5.32 Å². The number of hydrogen-bond donors (Lipinski definition) is 1. The molecule has 0 aromatic carbocycles. The van der Waals surface area contributed by atoms with Crippen molar-refractivity contribution in [3.8, 4) is 0 Å². The summed E-state index contributed by atoms with van der Waals surface area (Å²) in [6, 6.07) is 0. The van der Waals surface area contributed by atoms with Gasteiger partial charge in [0, 0.05) is 19.5 Å². The number of alkyl halides is 3. The van der Waals surface area contributed by atoms with Crippen molar-refractivity contribution in [3.05, 3.63) is 17.5 Å². The van der Waals surface area contributed by atoms with E-state index in [2.05, 4.69) is 5.32 Å². The van der Waals surface area contributed by atoms with Crippen LogP contribution in [0.2, 0.25) is 0 Å². The molecule has 0 rings (SSSR count). The van der Waals surface area contributed by atoms with Gasteiger partial charge in [0.25, 0.3) is 5.95 Å². The van der Waals surface area contributed by atoms with Crippen LogP contribution in [0, 0.1) is 0 Å². The molecule has 0 radical (unpaired) electrons. The van der Waals surface area contributed by atoms with E-state index in [1.165, 1.54) is 0 Å². The zero-order chi connectivity index (χ0) is 12.3. The van der Waals surface area contributed by atoms with Gasteiger partial charge in [-0.05, 0) is 20.8 Å². The SMILES string of the molecule is CC(C)(C)O/C(O)=C/[N-]C(=O)C(F)(F)F.[Zn]. The molecule has 1 N–H and O–H groups in total. The first kappa shape index (κ1) is 17.6. The van der Waals surface area contributed by atoms with Gasteiger partial charge < -0.3 is 20.0 Å². The average Bonchev–Trinajstić information content (AvgIpc) is 1.94. The molecular weight excluding hydrogens is 280 g/mol. The number of ether oxygens (including phenoxy) is 1. The van der Waals surface area contributed by atoms with Crippen molar-refractivity contribution in [3.63, 3.8) is 0 Å². The second kappa shape index (κ2) is 6.08. The third-order valence-electron chi connectivity index (χ3n) is 0.945. The maximum atomic E-state index is 11.6. The van der Waals surface area contributed by atoms with Crippen LogP contribution in [0.5, 0.6) is 0 Å². The van der Waals surface area contributed by atoms with Crippen LogP contribution in [-0.4, -0.2) is 22.8 Å². The van der Waals surface area contributed by atoms with Gasteiger partial charge in [-0.2, -0.15) is 13.2 Å². The van der Waals surface area contributed by atoms with Gasteiger partial charge in [0.2, 0.25) is 0 Å². The van der Waals surface area contributed by atoms with Crippen molar-refractivity contribution < 1.29 is 47.3 Å². The molecule has 0 aromatic rings. The van der Waals surface area contributed by atoms with Crippen LogP contribution in [0.3, 0.4) is 0 Å². The fraction of sp³-hybridized carbons (Fsp3) is 0.625. The van der Waals surface area contributed by atoms with Gasteiger partial charge in [-0.25, -0.2) is 0 Å². The van der Waals surface area contributed by atoms with Gasteiger partial charge in [0.15, 0.2) is 5.91 Å². The van der Waals surface area contributed by atoms with E-state index >= 15 is 0 Å². The van der Waals surface area contributed by atoms with E-state index < -0.39 is 23.6 Å². The van der Waals surface area contributed by atoms with E-state index in [-0.39, 0.29) is 19.5 Å². The summed E-state index contributed by atoms with van der Waals surface area (Å²) in [6.07, 6.45) is -4.72. The molecule has 0 aromatic heterocycles. The first-order valence-electron chi connectivity index (χ1n) is 3.92. The summed E-state index contributed by atoms with van der Waals surface area (Å²) < 4.78 is 39.6. The van der Waals surface area contributed by atoms with Crippen LogP contribution in [0.15, 0.2) is 12.1 Å². The van der Waals surface area contributed by atoms with Gasteiger partial charge >= 0.3 is 6.18 Å². The molecule has 8 heteroatoms. The molecule has 0 atom stereocenters. The Bertz CT molecular complexity index is 271. The number of hydrogen-bond acceptors (Lipinski definition) is 3. The van der Waals surface area contributed by atoms with Crippen LogP contribution in [-0.2, 0) is 29.0 Å². The van der Waals surface area contributed by atoms with Crippen molar-refractivity contribution in [2.75, 3.05) is 0 Å². The van der Waals surface area contributed by atoms with Crippen LogP contribution in [0.1, 0.15) is 20.8 Å². The summed E-state index contributed by atoms with van der Waals surface area (Å²) in [6.45, 7) is 4.72. The van der Waals surface area contributed by atoms with Crippen molar-refractivity contribution in [2.45, 2.75) is 32.5 Å². The summed E-state index contributed by atoms with van der Waals surface area (Å²) in [5.74, 6) is -3.15. The molecule has 0 bridgehead atoms. The predicted octanol–water partition coefficient (Wildman–Crippen LogP) is 2.62. The average molecular weight is 292 g/mol. The second-order valence-electron chi connectivity index (χ2n) is 3.61. The van der Waals surface area contributed by atoms with E-state index in [1.54, 1.807) is 20.8 Å². The van der Waals surface area contributed by atoms with Gasteiger partial charge in [-0.15, -0.1) is 0 Å². The van der Waals surface area contributed by atoms with E-state index in [0.717, 1.165) is 0 Å². The first-order valence-corrected chi connectivity index (χ1v) is 3.92. The van der Waals surface area contributed by atoms with Crippen molar-refractivity contribution in [2.24, 2.45) is 0 Å². The predicted molar refractivity (Wildman–Crippen MR) is 46.0 cm³/mol. The Kier molecular flexibility index (Phi) is 6.69. The zero-order valence-corrected chi connectivity index (χ0v) is 12.1. The third kappa shape index (κ3) is 8.53. The molecule has 0 aliphatic rings. The monoisotopic (exact) mass is 290 g/mol. The Morgan fingerprint density at radius 1 is 1.31 bits per heavy atom. The first-order chi connectivity index (χ1) is 6.52. The minimum atomic E-state index is -5.04. The van der Waals surface area contributed by atoms with Gasteiger partial charge in [-0.3, -0.25) is 0 Å². The minimum absolute atomic E-state index is 0. The molecule has 0 aliphatic heterocycles. The molecule has 0 aliphatic carbocycles. The van der Waals surface area contributed by atoms with E-state index in [0.29, 0.717) is 6.20 Å². The molecule has 0 saturated carbocycles. The normalized spacial score (nSPS) is 12.8. The van der Waals surface area contributed by atoms with Gasteiger partial charge in [-0.1, -0.05) is 6.20 Å². The fourth-order valence-corrected chi connectivity index (χ4v) is 0.527. The maximum absolute atomic E-state index is 11.6. The van der Waals surface area contributed by atoms with E-state index in [1.807, 2.05) is 0 Å². The number of aliphatic hydroxyl groups excluding tert-OH is 1. The van der Waals surface area contributed by atoms with Crippen molar-refractivity contribution in [1.82, 2.24) is 0 Å². The molecule has 0 fully saturated rings. The molecule has 0 heterocycles. The van der Waals surface area contributed by atoms with Crippen molar-refractivity contribution in [1.29, 1.82) is 0 Å². The summed E-state index contributed by atoms with van der Waals surface area (Å²) in [5.41, 5.74) is -0.780. The largest absolute Gasteiger partial charge is 0.620 e. The number of rotatable bonds is 2. The van der Waals surface area contributed by atoms with Crippen LogP contribution in [0.4, 0.5) is 13.2 Å². The topological polar surface area (TPSA) is 60.6 Å². The molecule has 0 unspecified atom stereocenters. The molecule has 0 saturated heterocycles. The molecule has 0 spiro atoms. The number of nitrogens with zero attached hydrogens (tertiary/aromatic N) is 1. The molecule has 1 amide bonds. The Hall–Kier alpha value is -0.777. The maximum Gasteiger partial charge on any atom is 0.432 e. The van der Waals surface area contributed by atoms with Gasteiger partial charge in [0.05, 0.1) is 0 Å². The zero-order valence-electron chi connectivity index (χ0n) is 9.13. The summed E-state index contributed by atoms with van der Waals surface area (Å²) in [7, 11) is 0. The van der Waals surface area contributed by atoms with Gasteiger partial charge in [0.1, 0.15) is 5.60 Å². The number of carbonyl (C=O) groups excluding carboxylic acids is 1. The Morgan fingerprint density at radius 3 is 2.06 bits per heavy atom. The van der Waals surface area contributed by atoms with Crippen LogP contribution < -0.4 is 0 Å². The molecule has 16 heavy (non-hydrogen) atoms. The summed E-state index contributed by atoms with van der Waals surface area (Å²) >= 11 is 0. The van der Waals surface area contributed by atoms with E-state index in [9.17, 15) is 18.0 Å². The number of aliphatic hydroxyl groups is 1. The smallest absolute Gasteiger partial charge is 0.432 e. The third-order valence-corrected chi connectivity index (χ3v) is 0.945. The molecule has 4 nitrogen and oxygen atoms in total. The second-order valence-corrected chi connectivity index (χ2v) is 3.61. The Balaban J connectivity index is 0. The fourth-order valence-electron chi connectivity index (χ4n) is 0.527. The molecular formula is C8H11F3NO3Zn-. The minimum Gasteiger partial charge on any atom is -0.620 e. The standard InChI is InChI=1S/C8H12F3NO3.Zn/c1-7(2,3)15-5(13)4-12-6(14)8(9,10)11;/h4H,1-3H3,(H2,12,13,14);/p-1/b5-4+;. The molecule has 90 valence electrons. The van der Waals surface area contributed by atoms with Crippen LogP contribution >= 0.6 is 0 Å². The summed E-state index contributed by atoms with van der Waals surface area (Å²) in [4.78, 5) is 10.2. The Morgan fingerprint density at radius 2 is 1.75 bits per heavy atom. The number of amides is 1.